The molecule has 21 heavy (non-hydrogen) atoms. The van der Waals surface area contributed by atoms with Crippen LogP contribution < -0.4 is 16.2 Å². The summed E-state index contributed by atoms with van der Waals surface area (Å²) in [6, 6.07) is 0. The summed E-state index contributed by atoms with van der Waals surface area (Å²) in [5.41, 5.74) is 0.398. The molecule has 6 nitrogen and oxygen atoms in total. The average molecular weight is 314 g/mol. The number of hydrogen-bond donors (Lipinski definition) is 2. The Bertz CT molecular complexity index is 511. The Morgan fingerprint density at radius 3 is 2.81 bits per heavy atom. The first-order valence-corrected chi connectivity index (χ1v) is 7.88. The van der Waals surface area contributed by atoms with Crippen LogP contribution in [0.1, 0.15) is 13.8 Å². The van der Waals surface area contributed by atoms with Crippen LogP contribution in [0.15, 0.2) is 11.0 Å². The van der Waals surface area contributed by atoms with E-state index in [1.54, 1.807) is 6.20 Å². The molecule has 2 N–H and O–H groups in total. The van der Waals surface area contributed by atoms with Gasteiger partial charge in [-0.15, -0.1) is 0 Å². The summed E-state index contributed by atoms with van der Waals surface area (Å²) >= 11 is 6.14. The summed E-state index contributed by atoms with van der Waals surface area (Å²) in [5, 5.41) is 10.9. The first-order chi connectivity index (χ1) is 10.1. The molecule has 0 saturated carbocycles. The minimum Gasteiger partial charge on any atom is -0.381 e. The van der Waals surface area contributed by atoms with Crippen molar-refractivity contribution in [3.63, 3.8) is 0 Å². The third kappa shape index (κ3) is 4.69. The minimum atomic E-state index is -0.225. The van der Waals surface area contributed by atoms with Crippen LogP contribution in [-0.2, 0) is 6.54 Å². The minimum absolute atomic E-state index is 0.225. The Morgan fingerprint density at radius 1 is 1.43 bits per heavy atom. The van der Waals surface area contributed by atoms with E-state index in [1.807, 2.05) is 13.8 Å². The van der Waals surface area contributed by atoms with Gasteiger partial charge in [0.15, 0.2) is 0 Å². The first kappa shape index (κ1) is 16.3. The van der Waals surface area contributed by atoms with Crippen LogP contribution >= 0.6 is 11.6 Å². The van der Waals surface area contributed by atoms with Crippen LogP contribution in [0.2, 0.25) is 5.02 Å². The molecule has 0 radical (unpaired) electrons. The quantitative estimate of drug-likeness (QED) is 0.816. The lowest BCUT2D eigenvalue weighted by molar-refractivity contribution is 0.249. The number of nitrogens with one attached hydrogen (secondary N) is 2. The highest BCUT2D eigenvalue weighted by atomic mass is 35.5. The third-order valence-electron chi connectivity index (χ3n) is 3.48. The van der Waals surface area contributed by atoms with Crippen molar-refractivity contribution in [1.82, 2.24) is 20.0 Å². The second kappa shape index (κ2) is 7.77. The zero-order chi connectivity index (χ0) is 15.2. The zero-order valence-electron chi connectivity index (χ0n) is 12.7. The molecule has 0 amide bonds. The summed E-state index contributed by atoms with van der Waals surface area (Å²) in [4.78, 5) is 14.5. The highest BCUT2D eigenvalue weighted by Crippen LogP contribution is 2.15. The monoisotopic (exact) mass is 313 g/mol. The fourth-order valence-corrected chi connectivity index (χ4v) is 2.56. The van der Waals surface area contributed by atoms with E-state index in [4.69, 9.17) is 11.6 Å². The summed E-state index contributed by atoms with van der Waals surface area (Å²) < 4.78 is 1.43. The molecule has 2 rings (SSSR count). The lowest BCUT2D eigenvalue weighted by atomic mass is 10.2. The molecule has 7 heteroatoms. The Balaban J connectivity index is 1.91. The molecular weight excluding hydrogens is 290 g/mol. The van der Waals surface area contributed by atoms with E-state index in [-0.39, 0.29) is 10.6 Å². The molecule has 1 aromatic heterocycles. The van der Waals surface area contributed by atoms with Gasteiger partial charge in [-0.2, -0.15) is 5.10 Å². The van der Waals surface area contributed by atoms with Crippen LogP contribution in [-0.4, -0.2) is 53.9 Å². The van der Waals surface area contributed by atoms with Crippen molar-refractivity contribution in [2.75, 3.05) is 44.6 Å². The molecule has 1 saturated heterocycles. The van der Waals surface area contributed by atoms with E-state index in [2.05, 4.69) is 20.6 Å². The molecule has 1 aromatic rings. The van der Waals surface area contributed by atoms with Crippen LogP contribution in [0.4, 0.5) is 5.69 Å². The number of nitrogens with zero attached hydrogens (tertiary/aromatic N) is 3. The smallest absolute Gasteiger partial charge is 0.287 e. The predicted octanol–water partition coefficient (Wildman–Crippen LogP) is 0.870. The summed E-state index contributed by atoms with van der Waals surface area (Å²) in [6.45, 7) is 10.6. The summed E-state index contributed by atoms with van der Waals surface area (Å²) in [7, 11) is 0. The van der Waals surface area contributed by atoms with Crippen molar-refractivity contribution in [1.29, 1.82) is 0 Å². The molecular formula is C14H24ClN5O. The Kier molecular flexibility index (Phi) is 6.02. The molecule has 0 bridgehead atoms. The molecule has 2 heterocycles. The van der Waals surface area contributed by atoms with Crippen molar-refractivity contribution in [2.45, 2.75) is 20.4 Å². The highest BCUT2D eigenvalue weighted by molar-refractivity contribution is 6.32. The van der Waals surface area contributed by atoms with Crippen molar-refractivity contribution >= 4 is 17.3 Å². The van der Waals surface area contributed by atoms with E-state index < -0.39 is 0 Å². The molecule has 0 unspecified atom stereocenters. The van der Waals surface area contributed by atoms with Gasteiger partial charge in [0.05, 0.1) is 11.9 Å². The fraction of sp³-hybridized carbons (Fsp3) is 0.714. The molecule has 1 aliphatic rings. The van der Waals surface area contributed by atoms with Crippen LogP contribution in [0.5, 0.6) is 0 Å². The molecule has 1 fully saturated rings. The lowest BCUT2D eigenvalue weighted by Gasteiger charge is -2.27. The SMILES string of the molecule is CC(C)Cn1ncc(NCCN2CCNCC2)c(Cl)c1=O. The van der Waals surface area contributed by atoms with Gasteiger partial charge >= 0.3 is 0 Å². The second-order valence-corrected chi connectivity index (χ2v) is 6.15. The van der Waals surface area contributed by atoms with Crippen molar-refractivity contribution in [3.8, 4) is 0 Å². The van der Waals surface area contributed by atoms with Gasteiger partial charge in [0.1, 0.15) is 5.02 Å². The number of halogens is 1. The van der Waals surface area contributed by atoms with Crippen molar-refractivity contribution < 1.29 is 0 Å². The number of rotatable bonds is 6. The lowest BCUT2D eigenvalue weighted by Crippen LogP contribution is -2.45. The van der Waals surface area contributed by atoms with Gasteiger partial charge in [0, 0.05) is 45.8 Å². The standard InChI is InChI=1S/C14H24ClN5O/c1-11(2)10-20-14(21)13(15)12(9-18-20)17-5-8-19-6-3-16-4-7-19/h9,11,16-17H,3-8,10H2,1-2H3. The Morgan fingerprint density at radius 2 is 2.14 bits per heavy atom. The van der Waals surface area contributed by atoms with Crippen molar-refractivity contribution in [3.05, 3.63) is 21.6 Å². The molecule has 0 aliphatic carbocycles. The number of piperazine rings is 1. The molecule has 1 aliphatic heterocycles. The molecule has 0 atom stereocenters. The van der Waals surface area contributed by atoms with E-state index in [9.17, 15) is 4.79 Å². The first-order valence-electron chi connectivity index (χ1n) is 7.50. The van der Waals surface area contributed by atoms with Gasteiger partial charge in [0.25, 0.3) is 5.56 Å². The van der Waals surface area contributed by atoms with Crippen LogP contribution in [0.25, 0.3) is 0 Å². The molecule has 118 valence electrons. The number of hydrogen-bond acceptors (Lipinski definition) is 5. The summed E-state index contributed by atoms with van der Waals surface area (Å²) in [6.07, 6.45) is 1.64. The average Bonchev–Trinajstić information content (AvgIpc) is 2.47. The van der Waals surface area contributed by atoms with Gasteiger partial charge in [0.2, 0.25) is 0 Å². The van der Waals surface area contributed by atoms with Gasteiger partial charge in [-0.3, -0.25) is 9.69 Å². The Labute approximate surface area is 130 Å². The topological polar surface area (TPSA) is 62.2 Å². The molecule has 0 spiro atoms. The van der Waals surface area contributed by atoms with Crippen molar-refractivity contribution in [2.24, 2.45) is 5.92 Å². The predicted molar refractivity (Wildman–Crippen MR) is 86.1 cm³/mol. The zero-order valence-corrected chi connectivity index (χ0v) is 13.5. The van der Waals surface area contributed by atoms with Gasteiger partial charge in [-0.1, -0.05) is 25.4 Å². The largest absolute Gasteiger partial charge is 0.381 e. The van der Waals surface area contributed by atoms with Crippen LogP contribution in [0, 0.1) is 5.92 Å². The van der Waals surface area contributed by atoms with Crippen LogP contribution in [0.3, 0.4) is 0 Å². The summed E-state index contributed by atoms with van der Waals surface area (Å²) in [5.74, 6) is 0.359. The van der Waals surface area contributed by atoms with E-state index >= 15 is 0 Å². The number of aromatic nitrogens is 2. The molecule has 0 aromatic carbocycles. The maximum atomic E-state index is 12.1. The van der Waals surface area contributed by atoms with Gasteiger partial charge < -0.3 is 10.6 Å². The van der Waals surface area contributed by atoms with E-state index in [1.165, 1.54) is 4.68 Å². The Hall–Kier alpha value is -1.11. The van der Waals surface area contributed by atoms with E-state index in [0.717, 1.165) is 39.3 Å². The second-order valence-electron chi connectivity index (χ2n) is 5.77. The highest BCUT2D eigenvalue weighted by Gasteiger charge is 2.12. The maximum absolute atomic E-state index is 12.1. The van der Waals surface area contributed by atoms with Gasteiger partial charge in [-0.25, -0.2) is 4.68 Å². The fourth-order valence-electron chi connectivity index (χ4n) is 2.35. The number of anilines is 1. The van der Waals surface area contributed by atoms with Gasteiger partial charge in [-0.05, 0) is 5.92 Å². The normalized spacial score (nSPS) is 16.4. The maximum Gasteiger partial charge on any atom is 0.287 e. The van der Waals surface area contributed by atoms with E-state index in [0.29, 0.717) is 18.2 Å². The third-order valence-corrected chi connectivity index (χ3v) is 3.84.